The van der Waals surface area contributed by atoms with Crippen molar-refractivity contribution in [3.05, 3.63) is 18.2 Å². The van der Waals surface area contributed by atoms with Gasteiger partial charge in [0.15, 0.2) is 0 Å². The summed E-state index contributed by atoms with van der Waals surface area (Å²) in [5, 5.41) is 0. The minimum absolute atomic E-state index is 0.0659. The van der Waals surface area contributed by atoms with Gasteiger partial charge in [-0.2, -0.15) is 8.42 Å². The largest absolute Gasteiger partial charge is 0.426 e. The lowest BCUT2D eigenvalue weighted by Gasteiger charge is -2.21. The number of carbonyl (C=O) groups excluding carboxylic acids is 2. The third-order valence-electron chi connectivity index (χ3n) is 6.58. The van der Waals surface area contributed by atoms with Crippen LogP contribution in [0.15, 0.2) is 23.1 Å². The fourth-order valence-corrected chi connectivity index (χ4v) is 5.30. The van der Waals surface area contributed by atoms with Gasteiger partial charge in [-0.3, -0.25) is 14.1 Å². The Kier molecular flexibility index (Phi) is 9.11. The standard InChI is InChI=1S/C24H34O7S/c25-23(13-11-18-7-3-1-4-8-18)30-20-15-21(17-22(16-20)32(27,28)29)31-24(26)14-12-19-9-5-2-6-10-19/h15-19H,1-14H2,(H,27,28,29). The van der Waals surface area contributed by atoms with E-state index in [1.54, 1.807) is 0 Å². The van der Waals surface area contributed by atoms with E-state index in [-0.39, 0.29) is 24.3 Å². The Balaban J connectivity index is 1.59. The van der Waals surface area contributed by atoms with Crippen LogP contribution in [-0.4, -0.2) is 24.9 Å². The van der Waals surface area contributed by atoms with Crippen LogP contribution in [0, 0.1) is 11.8 Å². The van der Waals surface area contributed by atoms with Gasteiger partial charge in [0.05, 0.1) is 0 Å². The first-order chi connectivity index (χ1) is 15.3. The van der Waals surface area contributed by atoms with Crippen LogP contribution in [0.1, 0.15) is 89.9 Å². The summed E-state index contributed by atoms with van der Waals surface area (Å²) in [6.45, 7) is 0. The van der Waals surface area contributed by atoms with E-state index in [9.17, 15) is 22.6 Å². The van der Waals surface area contributed by atoms with Gasteiger partial charge in [0, 0.05) is 31.0 Å². The van der Waals surface area contributed by atoms with Crippen LogP contribution in [0.5, 0.6) is 11.5 Å². The maximum atomic E-state index is 12.3. The van der Waals surface area contributed by atoms with Gasteiger partial charge >= 0.3 is 11.9 Å². The molecule has 3 rings (SSSR count). The van der Waals surface area contributed by atoms with Gasteiger partial charge < -0.3 is 9.47 Å². The SMILES string of the molecule is O=C(CCC1CCCCC1)Oc1cc(OC(=O)CCC2CCCCC2)cc(S(=O)(=O)O)c1. The zero-order valence-corrected chi connectivity index (χ0v) is 19.4. The summed E-state index contributed by atoms with van der Waals surface area (Å²) in [7, 11) is -4.56. The highest BCUT2D eigenvalue weighted by atomic mass is 32.2. The van der Waals surface area contributed by atoms with E-state index in [1.165, 1.54) is 44.6 Å². The molecule has 0 spiro atoms. The van der Waals surface area contributed by atoms with E-state index < -0.39 is 27.0 Å². The molecule has 0 saturated heterocycles. The molecule has 1 aromatic rings. The maximum Gasteiger partial charge on any atom is 0.311 e. The molecule has 0 atom stereocenters. The Morgan fingerprint density at radius 1 is 0.750 bits per heavy atom. The quantitative estimate of drug-likeness (QED) is 0.292. The van der Waals surface area contributed by atoms with E-state index in [0.29, 0.717) is 11.8 Å². The molecule has 1 aromatic carbocycles. The Morgan fingerprint density at radius 3 is 1.53 bits per heavy atom. The first-order valence-corrected chi connectivity index (χ1v) is 13.3. The molecular weight excluding hydrogens is 432 g/mol. The molecule has 2 fully saturated rings. The number of carbonyl (C=O) groups is 2. The Morgan fingerprint density at radius 2 is 1.16 bits per heavy atom. The normalized spacial score (nSPS) is 18.3. The predicted octanol–water partition coefficient (Wildman–Crippen LogP) is 5.47. The lowest BCUT2D eigenvalue weighted by molar-refractivity contribution is -0.135. The van der Waals surface area contributed by atoms with Gasteiger partial charge in [-0.15, -0.1) is 0 Å². The number of hydrogen-bond donors (Lipinski definition) is 1. The van der Waals surface area contributed by atoms with Crippen molar-refractivity contribution in [3.63, 3.8) is 0 Å². The molecular formula is C24H34O7S. The first-order valence-electron chi connectivity index (χ1n) is 11.8. The van der Waals surface area contributed by atoms with Crippen LogP contribution < -0.4 is 9.47 Å². The van der Waals surface area contributed by atoms with Crippen molar-refractivity contribution in [1.82, 2.24) is 0 Å². The molecule has 0 bridgehead atoms. The molecule has 1 N–H and O–H groups in total. The van der Waals surface area contributed by atoms with E-state index in [0.717, 1.165) is 50.7 Å². The lowest BCUT2D eigenvalue weighted by atomic mass is 9.86. The molecule has 32 heavy (non-hydrogen) atoms. The highest BCUT2D eigenvalue weighted by Gasteiger charge is 2.20. The summed E-state index contributed by atoms with van der Waals surface area (Å²) in [6, 6.07) is 3.44. The Labute approximate surface area is 190 Å². The van der Waals surface area contributed by atoms with Crippen molar-refractivity contribution < 1.29 is 32.0 Å². The number of hydrogen-bond acceptors (Lipinski definition) is 6. The zero-order chi connectivity index (χ0) is 23.0. The van der Waals surface area contributed by atoms with Crippen LogP contribution in [0.3, 0.4) is 0 Å². The average Bonchev–Trinajstić information content (AvgIpc) is 2.77. The molecule has 7 nitrogen and oxygen atoms in total. The molecule has 0 radical (unpaired) electrons. The van der Waals surface area contributed by atoms with E-state index in [2.05, 4.69) is 0 Å². The third-order valence-corrected chi connectivity index (χ3v) is 7.41. The third kappa shape index (κ3) is 8.20. The van der Waals surface area contributed by atoms with Crippen molar-refractivity contribution in [1.29, 1.82) is 0 Å². The van der Waals surface area contributed by atoms with Crippen molar-refractivity contribution in [2.75, 3.05) is 0 Å². The van der Waals surface area contributed by atoms with Gasteiger partial charge in [0.2, 0.25) is 0 Å². The topological polar surface area (TPSA) is 107 Å². The average molecular weight is 467 g/mol. The molecule has 0 amide bonds. The second-order valence-electron chi connectivity index (χ2n) is 9.15. The van der Waals surface area contributed by atoms with Crippen LogP contribution in [0.25, 0.3) is 0 Å². The van der Waals surface area contributed by atoms with E-state index >= 15 is 0 Å². The van der Waals surface area contributed by atoms with Crippen molar-refractivity contribution in [2.45, 2.75) is 94.8 Å². The fourth-order valence-electron chi connectivity index (χ4n) is 4.77. The number of rotatable bonds is 9. The summed E-state index contributed by atoms with van der Waals surface area (Å²) in [4.78, 5) is 24.1. The number of benzene rings is 1. The molecule has 0 aliphatic heterocycles. The van der Waals surface area contributed by atoms with Gasteiger partial charge in [-0.05, 0) is 24.7 Å². The Bertz CT molecular complexity index is 827. The van der Waals surface area contributed by atoms with Crippen LogP contribution in [0.4, 0.5) is 0 Å². The molecule has 0 aromatic heterocycles. The molecule has 2 aliphatic carbocycles. The molecule has 178 valence electrons. The molecule has 2 saturated carbocycles. The van der Waals surface area contributed by atoms with E-state index in [4.69, 9.17) is 9.47 Å². The molecule has 8 heteroatoms. The van der Waals surface area contributed by atoms with E-state index in [1.807, 2.05) is 0 Å². The van der Waals surface area contributed by atoms with Crippen LogP contribution in [-0.2, 0) is 19.7 Å². The highest BCUT2D eigenvalue weighted by molar-refractivity contribution is 7.85. The van der Waals surface area contributed by atoms with Crippen LogP contribution in [0.2, 0.25) is 0 Å². The summed E-state index contributed by atoms with van der Waals surface area (Å²) < 4.78 is 43.4. The first kappa shape index (κ1) is 24.7. The minimum atomic E-state index is -4.56. The smallest absolute Gasteiger partial charge is 0.311 e. The van der Waals surface area contributed by atoms with Gasteiger partial charge in [0.1, 0.15) is 16.4 Å². The van der Waals surface area contributed by atoms with Crippen molar-refractivity contribution in [3.8, 4) is 11.5 Å². The van der Waals surface area contributed by atoms with Gasteiger partial charge in [0.25, 0.3) is 10.1 Å². The van der Waals surface area contributed by atoms with Crippen molar-refractivity contribution >= 4 is 22.1 Å². The summed E-state index contributed by atoms with van der Waals surface area (Å²) in [5.41, 5.74) is 0. The Hall–Kier alpha value is -1.93. The molecule has 2 aliphatic rings. The van der Waals surface area contributed by atoms with Gasteiger partial charge in [-0.1, -0.05) is 64.2 Å². The summed E-state index contributed by atoms with van der Waals surface area (Å²) >= 11 is 0. The monoisotopic (exact) mass is 466 g/mol. The second kappa shape index (κ2) is 11.8. The fraction of sp³-hybridized carbons (Fsp3) is 0.667. The van der Waals surface area contributed by atoms with Crippen molar-refractivity contribution in [2.24, 2.45) is 11.8 Å². The predicted molar refractivity (Wildman–Crippen MR) is 119 cm³/mol. The van der Waals surface area contributed by atoms with Gasteiger partial charge in [-0.25, -0.2) is 0 Å². The zero-order valence-electron chi connectivity index (χ0n) is 18.6. The molecule has 0 unspecified atom stereocenters. The summed E-state index contributed by atoms with van der Waals surface area (Å²) in [6.07, 6.45) is 13.6. The second-order valence-corrected chi connectivity index (χ2v) is 10.6. The summed E-state index contributed by atoms with van der Waals surface area (Å²) in [5.74, 6) is -0.0507. The van der Waals surface area contributed by atoms with Crippen LogP contribution >= 0.6 is 0 Å². The lowest BCUT2D eigenvalue weighted by Crippen LogP contribution is -2.14. The number of ether oxygens (including phenoxy) is 2. The minimum Gasteiger partial charge on any atom is -0.426 e. The maximum absolute atomic E-state index is 12.3. The molecule has 0 heterocycles. The number of esters is 2. The highest BCUT2D eigenvalue weighted by Crippen LogP contribution is 2.30.